The number of carbonyl (C=O) groups is 1. The molecule has 0 fully saturated rings. The fourth-order valence-corrected chi connectivity index (χ4v) is 2.73. The van der Waals surface area contributed by atoms with Crippen molar-refractivity contribution in [3.8, 4) is 0 Å². The quantitative estimate of drug-likeness (QED) is 0.849. The molecule has 1 aromatic rings. The SMILES string of the molecule is CC(CCN)CNC(=O)C1CCc2ccccc2C1. The highest BCUT2D eigenvalue weighted by atomic mass is 16.1. The van der Waals surface area contributed by atoms with Crippen LogP contribution < -0.4 is 11.1 Å². The maximum absolute atomic E-state index is 12.2. The summed E-state index contributed by atoms with van der Waals surface area (Å²) in [5.41, 5.74) is 8.26. The highest BCUT2D eigenvalue weighted by Crippen LogP contribution is 2.25. The summed E-state index contributed by atoms with van der Waals surface area (Å²) >= 11 is 0. The van der Waals surface area contributed by atoms with Crippen LogP contribution in [0.2, 0.25) is 0 Å². The summed E-state index contributed by atoms with van der Waals surface area (Å²) in [5, 5.41) is 3.07. The van der Waals surface area contributed by atoms with E-state index in [1.165, 1.54) is 11.1 Å². The van der Waals surface area contributed by atoms with Crippen LogP contribution in [0.5, 0.6) is 0 Å². The van der Waals surface area contributed by atoms with Crippen molar-refractivity contribution in [3.05, 3.63) is 35.4 Å². The van der Waals surface area contributed by atoms with E-state index in [-0.39, 0.29) is 11.8 Å². The summed E-state index contributed by atoms with van der Waals surface area (Å²) in [6, 6.07) is 8.45. The first-order valence-electron chi connectivity index (χ1n) is 7.25. The summed E-state index contributed by atoms with van der Waals surface area (Å²) in [6.07, 6.45) is 3.84. The Kier molecular flexibility index (Phi) is 4.97. The Balaban J connectivity index is 1.85. The van der Waals surface area contributed by atoms with Crippen molar-refractivity contribution < 1.29 is 4.79 Å². The number of fused-ring (bicyclic) bond motifs is 1. The van der Waals surface area contributed by atoms with Gasteiger partial charge in [0, 0.05) is 12.5 Å². The van der Waals surface area contributed by atoms with E-state index in [9.17, 15) is 4.79 Å². The molecule has 104 valence electrons. The lowest BCUT2D eigenvalue weighted by atomic mass is 9.83. The summed E-state index contributed by atoms with van der Waals surface area (Å²) in [5.74, 6) is 0.808. The molecule has 0 saturated heterocycles. The molecule has 0 saturated carbocycles. The lowest BCUT2D eigenvalue weighted by molar-refractivity contribution is -0.125. The molecule has 0 radical (unpaired) electrons. The fourth-order valence-electron chi connectivity index (χ4n) is 2.73. The number of hydrogen-bond acceptors (Lipinski definition) is 2. The second-order valence-corrected chi connectivity index (χ2v) is 5.64. The van der Waals surface area contributed by atoms with Gasteiger partial charge in [0.1, 0.15) is 0 Å². The van der Waals surface area contributed by atoms with Crippen LogP contribution >= 0.6 is 0 Å². The molecular formula is C16H24N2O. The Bertz CT molecular complexity index is 431. The predicted molar refractivity (Wildman–Crippen MR) is 77.8 cm³/mol. The maximum Gasteiger partial charge on any atom is 0.223 e. The van der Waals surface area contributed by atoms with Gasteiger partial charge in [-0.1, -0.05) is 31.2 Å². The molecule has 0 aromatic heterocycles. The van der Waals surface area contributed by atoms with Crippen LogP contribution in [-0.2, 0) is 17.6 Å². The zero-order valence-electron chi connectivity index (χ0n) is 11.7. The summed E-state index contributed by atoms with van der Waals surface area (Å²) in [6.45, 7) is 3.56. The largest absolute Gasteiger partial charge is 0.356 e. The minimum absolute atomic E-state index is 0.139. The van der Waals surface area contributed by atoms with E-state index < -0.39 is 0 Å². The van der Waals surface area contributed by atoms with E-state index in [1.54, 1.807) is 0 Å². The summed E-state index contributed by atoms with van der Waals surface area (Å²) < 4.78 is 0. The highest BCUT2D eigenvalue weighted by molar-refractivity contribution is 5.79. The lowest BCUT2D eigenvalue weighted by Crippen LogP contribution is -2.36. The van der Waals surface area contributed by atoms with Crippen molar-refractivity contribution in [2.75, 3.05) is 13.1 Å². The van der Waals surface area contributed by atoms with Crippen LogP contribution in [0.15, 0.2) is 24.3 Å². The van der Waals surface area contributed by atoms with E-state index >= 15 is 0 Å². The number of nitrogens with one attached hydrogen (secondary N) is 1. The van der Waals surface area contributed by atoms with E-state index in [0.717, 1.165) is 32.2 Å². The predicted octanol–water partition coefficient (Wildman–Crippen LogP) is 1.89. The zero-order chi connectivity index (χ0) is 13.7. The van der Waals surface area contributed by atoms with Gasteiger partial charge >= 0.3 is 0 Å². The van der Waals surface area contributed by atoms with Gasteiger partial charge in [-0.15, -0.1) is 0 Å². The van der Waals surface area contributed by atoms with E-state index in [4.69, 9.17) is 5.73 Å². The highest BCUT2D eigenvalue weighted by Gasteiger charge is 2.24. The third kappa shape index (κ3) is 3.80. The number of rotatable bonds is 5. The van der Waals surface area contributed by atoms with Crippen molar-refractivity contribution in [2.24, 2.45) is 17.6 Å². The second-order valence-electron chi connectivity index (χ2n) is 5.64. The van der Waals surface area contributed by atoms with Crippen LogP contribution in [0, 0.1) is 11.8 Å². The normalized spacial score (nSPS) is 19.6. The van der Waals surface area contributed by atoms with E-state index in [2.05, 4.69) is 36.5 Å². The Morgan fingerprint density at radius 3 is 2.89 bits per heavy atom. The lowest BCUT2D eigenvalue weighted by Gasteiger charge is -2.24. The van der Waals surface area contributed by atoms with Gasteiger partial charge in [-0.3, -0.25) is 4.79 Å². The number of benzene rings is 1. The van der Waals surface area contributed by atoms with Crippen LogP contribution in [0.25, 0.3) is 0 Å². The van der Waals surface area contributed by atoms with Crippen LogP contribution in [0.3, 0.4) is 0 Å². The van der Waals surface area contributed by atoms with Crippen molar-refractivity contribution >= 4 is 5.91 Å². The Morgan fingerprint density at radius 2 is 2.16 bits per heavy atom. The van der Waals surface area contributed by atoms with Crippen molar-refractivity contribution in [1.82, 2.24) is 5.32 Å². The number of hydrogen-bond donors (Lipinski definition) is 2. The van der Waals surface area contributed by atoms with Gasteiger partial charge in [-0.05, 0) is 49.3 Å². The van der Waals surface area contributed by atoms with Gasteiger partial charge in [0.2, 0.25) is 5.91 Å². The topological polar surface area (TPSA) is 55.1 Å². The molecule has 3 heteroatoms. The van der Waals surface area contributed by atoms with Gasteiger partial charge in [0.25, 0.3) is 0 Å². The molecule has 0 spiro atoms. The average Bonchev–Trinajstić information content (AvgIpc) is 2.44. The first-order valence-corrected chi connectivity index (χ1v) is 7.25. The molecule has 19 heavy (non-hydrogen) atoms. The smallest absolute Gasteiger partial charge is 0.223 e. The van der Waals surface area contributed by atoms with Crippen LogP contribution in [0.4, 0.5) is 0 Å². The number of aryl methyl sites for hydroxylation is 1. The maximum atomic E-state index is 12.2. The second kappa shape index (κ2) is 6.71. The number of nitrogens with two attached hydrogens (primary N) is 1. The van der Waals surface area contributed by atoms with E-state index in [1.807, 2.05) is 0 Å². The van der Waals surface area contributed by atoms with Gasteiger partial charge in [-0.2, -0.15) is 0 Å². The number of carbonyl (C=O) groups excluding carboxylic acids is 1. The summed E-state index contributed by atoms with van der Waals surface area (Å²) in [4.78, 5) is 12.2. The minimum Gasteiger partial charge on any atom is -0.356 e. The fraction of sp³-hybridized carbons (Fsp3) is 0.562. The zero-order valence-corrected chi connectivity index (χ0v) is 11.7. The molecule has 2 unspecified atom stereocenters. The molecular weight excluding hydrogens is 236 g/mol. The molecule has 1 amide bonds. The third-order valence-corrected chi connectivity index (χ3v) is 4.00. The summed E-state index contributed by atoms with van der Waals surface area (Å²) in [7, 11) is 0. The average molecular weight is 260 g/mol. The molecule has 3 N–H and O–H groups in total. The minimum atomic E-state index is 0.139. The molecule has 0 bridgehead atoms. The van der Waals surface area contributed by atoms with Crippen LogP contribution in [0.1, 0.15) is 30.9 Å². The van der Waals surface area contributed by atoms with Crippen molar-refractivity contribution in [1.29, 1.82) is 0 Å². The molecule has 1 aliphatic rings. The van der Waals surface area contributed by atoms with Crippen molar-refractivity contribution in [3.63, 3.8) is 0 Å². The van der Waals surface area contributed by atoms with Gasteiger partial charge < -0.3 is 11.1 Å². The van der Waals surface area contributed by atoms with Crippen molar-refractivity contribution in [2.45, 2.75) is 32.6 Å². The first kappa shape index (κ1) is 14.1. The molecule has 1 aromatic carbocycles. The molecule has 2 rings (SSSR count). The molecule has 3 nitrogen and oxygen atoms in total. The Morgan fingerprint density at radius 1 is 1.42 bits per heavy atom. The molecule has 2 atom stereocenters. The molecule has 0 aliphatic heterocycles. The van der Waals surface area contributed by atoms with Gasteiger partial charge in [0.05, 0.1) is 0 Å². The van der Waals surface area contributed by atoms with Gasteiger partial charge in [-0.25, -0.2) is 0 Å². The molecule has 0 heterocycles. The van der Waals surface area contributed by atoms with E-state index in [0.29, 0.717) is 12.5 Å². The number of amides is 1. The third-order valence-electron chi connectivity index (χ3n) is 4.00. The standard InChI is InChI=1S/C16H24N2O/c1-12(8-9-17)11-18-16(19)15-7-6-13-4-2-3-5-14(13)10-15/h2-5,12,15H,6-11,17H2,1H3,(H,18,19). The monoisotopic (exact) mass is 260 g/mol. The van der Waals surface area contributed by atoms with Gasteiger partial charge in [0.15, 0.2) is 0 Å². The van der Waals surface area contributed by atoms with Crippen LogP contribution in [-0.4, -0.2) is 19.0 Å². The molecule has 1 aliphatic carbocycles. The Hall–Kier alpha value is -1.35. The Labute approximate surface area is 115 Å². The first-order chi connectivity index (χ1) is 9.20.